The minimum Gasteiger partial charge on any atom is -0.616 e. The molecule has 2 fully saturated rings. The summed E-state index contributed by atoms with van der Waals surface area (Å²) in [6.07, 6.45) is 2.73. The zero-order valence-electron chi connectivity index (χ0n) is 17.4. The maximum atomic E-state index is 12.4. The highest BCUT2D eigenvalue weighted by atomic mass is 32.2. The van der Waals surface area contributed by atoms with Gasteiger partial charge in [0.25, 0.3) is 17.7 Å². The van der Waals surface area contributed by atoms with Crippen LogP contribution in [0.2, 0.25) is 0 Å². The van der Waals surface area contributed by atoms with E-state index in [0.717, 1.165) is 19.3 Å². The van der Waals surface area contributed by atoms with Crippen LogP contribution < -0.4 is 5.32 Å². The summed E-state index contributed by atoms with van der Waals surface area (Å²) in [6, 6.07) is 0.264. The SMILES string of the molecule is CC1CCCC(C)N1C(=O)C[S+]([O-])CCC(=O)NCCC(=O)ON1C(=O)CCC1=O. The van der Waals surface area contributed by atoms with Gasteiger partial charge in [-0.2, -0.15) is 0 Å². The first-order chi connectivity index (χ1) is 14.2. The Bertz CT molecular complexity index is 661. The zero-order valence-corrected chi connectivity index (χ0v) is 18.2. The minimum atomic E-state index is -1.45. The van der Waals surface area contributed by atoms with E-state index in [4.69, 9.17) is 0 Å². The van der Waals surface area contributed by atoms with E-state index >= 15 is 0 Å². The number of hydrogen-bond donors (Lipinski definition) is 1. The molecule has 2 aliphatic rings. The molecule has 11 heteroatoms. The van der Waals surface area contributed by atoms with Gasteiger partial charge < -0.3 is 19.6 Å². The lowest BCUT2D eigenvalue weighted by Gasteiger charge is -2.38. The molecule has 2 saturated heterocycles. The Kier molecular flexibility index (Phi) is 9.09. The number of rotatable bonds is 9. The summed E-state index contributed by atoms with van der Waals surface area (Å²) in [5.41, 5.74) is 0. The van der Waals surface area contributed by atoms with Crippen molar-refractivity contribution in [1.29, 1.82) is 0 Å². The number of nitrogens with one attached hydrogen (secondary N) is 1. The number of nitrogens with zero attached hydrogens (tertiary/aromatic N) is 2. The average molecular weight is 444 g/mol. The summed E-state index contributed by atoms with van der Waals surface area (Å²) in [7, 11) is 0. The number of piperidine rings is 1. The Morgan fingerprint density at radius 2 is 1.70 bits per heavy atom. The highest BCUT2D eigenvalue weighted by molar-refractivity contribution is 7.92. The molecule has 2 aliphatic heterocycles. The largest absolute Gasteiger partial charge is 0.616 e. The van der Waals surface area contributed by atoms with Crippen LogP contribution in [0.5, 0.6) is 0 Å². The number of carbonyl (C=O) groups is 5. The molecule has 2 rings (SSSR count). The molecule has 0 aromatic heterocycles. The second-order valence-corrected chi connectivity index (χ2v) is 9.19. The van der Waals surface area contributed by atoms with E-state index in [-0.39, 0.29) is 61.7 Å². The third-order valence-corrected chi connectivity index (χ3v) is 6.40. The highest BCUT2D eigenvalue weighted by Gasteiger charge is 2.33. The van der Waals surface area contributed by atoms with Crippen molar-refractivity contribution in [1.82, 2.24) is 15.3 Å². The summed E-state index contributed by atoms with van der Waals surface area (Å²) >= 11 is -1.45. The molecule has 0 aromatic rings. The third kappa shape index (κ3) is 6.98. The average Bonchev–Trinajstić information content (AvgIpc) is 2.98. The fourth-order valence-corrected chi connectivity index (χ4v) is 4.58. The van der Waals surface area contributed by atoms with Crippen LogP contribution in [0, 0.1) is 0 Å². The monoisotopic (exact) mass is 443 g/mol. The van der Waals surface area contributed by atoms with Crippen molar-refractivity contribution in [2.45, 2.75) is 70.9 Å². The molecular formula is C19H29N3O7S. The second kappa shape index (κ2) is 11.3. The van der Waals surface area contributed by atoms with E-state index in [1.807, 2.05) is 13.8 Å². The van der Waals surface area contributed by atoms with E-state index in [1.165, 1.54) is 0 Å². The Balaban J connectivity index is 1.62. The van der Waals surface area contributed by atoms with Crippen LogP contribution in [-0.2, 0) is 40.0 Å². The van der Waals surface area contributed by atoms with Crippen LogP contribution in [0.1, 0.15) is 58.8 Å². The lowest BCUT2D eigenvalue weighted by molar-refractivity contribution is -0.197. The third-order valence-electron chi connectivity index (χ3n) is 5.17. The fourth-order valence-electron chi connectivity index (χ4n) is 3.60. The van der Waals surface area contributed by atoms with Gasteiger partial charge >= 0.3 is 5.97 Å². The Labute approximate surface area is 178 Å². The van der Waals surface area contributed by atoms with Crippen molar-refractivity contribution in [2.75, 3.05) is 18.1 Å². The van der Waals surface area contributed by atoms with Crippen LogP contribution in [0.4, 0.5) is 0 Å². The van der Waals surface area contributed by atoms with Gasteiger partial charge in [0.15, 0.2) is 5.75 Å². The number of imide groups is 1. The van der Waals surface area contributed by atoms with E-state index in [0.29, 0.717) is 5.06 Å². The van der Waals surface area contributed by atoms with Crippen LogP contribution in [-0.4, -0.2) is 74.2 Å². The molecule has 2 heterocycles. The van der Waals surface area contributed by atoms with Gasteiger partial charge in [-0.3, -0.25) is 19.2 Å². The van der Waals surface area contributed by atoms with Gasteiger partial charge in [-0.1, -0.05) is 0 Å². The van der Waals surface area contributed by atoms with Crippen molar-refractivity contribution in [3.05, 3.63) is 0 Å². The number of likely N-dealkylation sites (tertiary alicyclic amines) is 1. The predicted molar refractivity (Wildman–Crippen MR) is 107 cm³/mol. The smallest absolute Gasteiger partial charge is 0.334 e. The molecule has 0 radical (unpaired) electrons. The Morgan fingerprint density at radius 1 is 1.10 bits per heavy atom. The molecule has 3 unspecified atom stereocenters. The topological polar surface area (TPSA) is 136 Å². The summed E-state index contributed by atoms with van der Waals surface area (Å²) in [5, 5.41) is 2.94. The van der Waals surface area contributed by atoms with Gasteiger partial charge in [0.2, 0.25) is 5.91 Å². The summed E-state index contributed by atoms with van der Waals surface area (Å²) in [5.74, 6) is -2.55. The molecule has 10 nitrogen and oxygen atoms in total. The standard InChI is InChI=1S/C19H29N3O7S/c1-13-4-3-5-14(2)21(13)18(26)12-30(28)11-9-15(23)20-10-8-19(27)29-22-16(24)6-7-17(22)25/h13-14H,3-12H2,1-2H3,(H,20,23). The summed E-state index contributed by atoms with van der Waals surface area (Å²) in [6.45, 7) is 3.94. The van der Waals surface area contributed by atoms with E-state index in [1.54, 1.807) is 4.90 Å². The molecular weight excluding hydrogens is 414 g/mol. The van der Waals surface area contributed by atoms with Crippen molar-refractivity contribution in [3.63, 3.8) is 0 Å². The first-order valence-electron chi connectivity index (χ1n) is 10.2. The molecule has 3 atom stereocenters. The molecule has 0 saturated carbocycles. The molecule has 168 valence electrons. The van der Waals surface area contributed by atoms with Crippen LogP contribution in [0.15, 0.2) is 0 Å². The van der Waals surface area contributed by atoms with E-state index < -0.39 is 34.9 Å². The molecule has 4 amide bonds. The van der Waals surface area contributed by atoms with E-state index in [9.17, 15) is 28.5 Å². The Morgan fingerprint density at radius 3 is 2.30 bits per heavy atom. The van der Waals surface area contributed by atoms with Crippen molar-refractivity contribution >= 4 is 40.8 Å². The van der Waals surface area contributed by atoms with Crippen molar-refractivity contribution < 1.29 is 33.4 Å². The van der Waals surface area contributed by atoms with Gasteiger partial charge in [-0.25, -0.2) is 4.79 Å². The van der Waals surface area contributed by atoms with E-state index in [2.05, 4.69) is 10.2 Å². The maximum absolute atomic E-state index is 12.4. The van der Waals surface area contributed by atoms with Gasteiger partial charge in [0.05, 0.1) is 12.8 Å². The van der Waals surface area contributed by atoms with Gasteiger partial charge in [0.1, 0.15) is 5.75 Å². The zero-order chi connectivity index (χ0) is 22.3. The molecule has 1 N–H and O–H groups in total. The first kappa shape index (κ1) is 24.1. The van der Waals surface area contributed by atoms with Crippen LogP contribution >= 0.6 is 0 Å². The first-order valence-corrected chi connectivity index (χ1v) is 11.7. The highest BCUT2D eigenvalue weighted by Crippen LogP contribution is 2.23. The molecule has 0 bridgehead atoms. The number of amides is 4. The molecule has 0 aromatic carbocycles. The van der Waals surface area contributed by atoms with Crippen molar-refractivity contribution in [3.8, 4) is 0 Å². The Hall–Kier alpha value is -2.14. The van der Waals surface area contributed by atoms with Gasteiger partial charge in [0, 0.05) is 31.5 Å². The van der Waals surface area contributed by atoms with Gasteiger partial charge in [-0.15, -0.1) is 5.06 Å². The second-order valence-electron chi connectivity index (χ2n) is 7.61. The van der Waals surface area contributed by atoms with Crippen molar-refractivity contribution in [2.24, 2.45) is 0 Å². The lowest BCUT2D eigenvalue weighted by Crippen LogP contribution is -2.49. The number of carbonyl (C=O) groups excluding carboxylic acids is 5. The molecule has 30 heavy (non-hydrogen) atoms. The van der Waals surface area contributed by atoms with Crippen LogP contribution in [0.25, 0.3) is 0 Å². The quantitative estimate of drug-likeness (QED) is 0.392. The van der Waals surface area contributed by atoms with Crippen LogP contribution in [0.3, 0.4) is 0 Å². The number of hydrogen-bond acceptors (Lipinski definition) is 7. The normalized spacial score (nSPS) is 22.8. The molecule has 0 spiro atoms. The summed E-state index contributed by atoms with van der Waals surface area (Å²) < 4.78 is 12.2. The predicted octanol–water partition coefficient (Wildman–Crippen LogP) is 0.0282. The minimum absolute atomic E-state index is 0.0120. The summed E-state index contributed by atoms with van der Waals surface area (Å²) in [4.78, 5) is 65.2. The maximum Gasteiger partial charge on any atom is 0.334 e. The fraction of sp³-hybridized carbons (Fsp3) is 0.737. The lowest BCUT2D eigenvalue weighted by atomic mass is 9.98. The van der Waals surface area contributed by atoms with Gasteiger partial charge in [-0.05, 0) is 44.3 Å². The number of hydroxylamine groups is 2. The molecule has 0 aliphatic carbocycles.